The average molecular weight is 319 g/mol. The Bertz CT molecular complexity index is 342. The molecule has 1 fully saturated rings. The maximum atomic E-state index is 12.0. The molecule has 128 valence electrons. The zero-order valence-electron chi connectivity index (χ0n) is 13.8. The van der Waals surface area contributed by atoms with Gasteiger partial charge in [-0.3, -0.25) is 14.5 Å². The van der Waals surface area contributed by atoms with Gasteiger partial charge in [0.2, 0.25) is 11.8 Å². The molecule has 1 heterocycles. The molecular formula is C15H30N4O3. The van der Waals surface area contributed by atoms with Gasteiger partial charge < -0.3 is 15.5 Å². The fourth-order valence-corrected chi connectivity index (χ4v) is 2.80. The van der Waals surface area contributed by atoms with Gasteiger partial charge in [0.1, 0.15) is 0 Å². The van der Waals surface area contributed by atoms with E-state index in [1.165, 1.54) is 6.42 Å². The van der Waals surface area contributed by atoms with Crippen molar-refractivity contribution >= 4 is 11.8 Å². The van der Waals surface area contributed by atoms with Crippen LogP contribution in [-0.2, 0) is 14.4 Å². The number of hydrogen-bond acceptors (Lipinski definition) is 5. The van der Waals surface area contributed by atoms with E-state index < -0.39 is 0 Å². The van der Waals surface area contributed by atoms with Crippen molar-refractivity contribution in [3.63, 3.8) is 0 Å². The average Bonchev–Trinajstić information content (AvgIpc) is 2.48. The molecule has 0 bridgehead atoms. The van der Waals surface area contributed by atoms with Gasteiger partial charge in [0, 0.05) is 31.6 Å². The minimum absolute atomic E-state index is 0.00932. The second kappa shape index (κ2) is 10.5. The number of carbonyl (C=O) groups excluding carboxylic acids is 2. The molecule has 2 amide bonds. The topological polar surface area (TPSA) is 96.7 Å². The Morgan fingerprint density at radius 3 is 2.41 bits per heavy atom. The fraction of sp³-hybridized carbons (Fsp3) is 0.867. The Morgan fingerprint density at radius 2 is 1.77 bits per heavy atom. The van der Waals surface area contributed by atoms with E-state index in [1.54, 1.807) is 0 Å². The van der Waals surface area contributed by atoms with E-state index in [2.05, 4.69) is 34.2 Å². The molecule has 0 aliphatic carbocycles. The summed E-state index contributed by atoms with van der Waals surface area (Å²) in [7, 11) is 0. The zero-order valence-corrected chi connectivity index (χ0v) is 13.8. The monoisotopic (exact) mass is 319 g/mol. The number of nitrogens with one attached hydrogen (secondary N) is 2. The standard InChI is InChI=1S/C15H30N4O3/c1-12-5-3-6-13(2)19(12)11-15(21)18-9-7-14(20)17-8-4-10-22-16/h12-13H,3-11,16H2,1-2H3,(H,17,20)(H,18,21)/t12-,13+/i1+1,2+1,9+1,15+1,19+1. The number of amides is 2. The summed E-state index contributed by atoms with van der Waals surface area (Å²) in [6.45, 7) is 6.07. The van der Waals surface area contributed by atoms with Crippen molar-refractivity contribution in [2.75, 3.05) is 26.2 Å². The van der Waals surface area contributed by atoms with Crippen LogP contribution in [0, 0.1) is 0 Å². The Morgan fingerprint density at radius 1 is 1.14 bits per heavy atom. The zero-order chi connectivity index (χ0) is 16.4. The van der Waals surface area contributed by atoms with E-state index in [1.807, 2.05) is 0 Å². The van der Waals surface area contributed by atoms with Crippen molar-refractivity contribution < 1.29 is 14.4 Å². The van der Waals surface area contributed by atoms with Crippen LogP contribution in [0.4, 0.5) is 0 Å². The number of carbonyl (C=O) groups is 2. The lowest BCUT2D eigenvalue weighted by molar-refractivity contribution is -0.124. The maximum absolute atomic E-state index is 12.0. The molecule has 0 radical (unpaired) electrons. The highest BCUT2D eigenvalue weighted by Crippen LogP contribution is 2.21. The van der Waals surface area contributed by atoms with Crippen LogP contribution < -0.4 is 16.5 Å². The highest BCUT2D eigenvalue weighted by Gasteiger charge is 2.26. The molecule has 0 unspecified atom stereocenters. The molecule has 0 saturated carbocycles. The first-order valence-corrected chi connectivity index (χ1v) is 8.15. The molecule has 0 spiro atoms. The fourth-order valence-electron chi connectivity index (χ4n) is 2.80. The van der Waals surface area contributed by atoms with Gasteiger partial charge in [-0.05, 0) is 33.1 Å². The molecule has 7 heteroatoms. The lowest BCUT2D eigenvalue weighted by atomic mass is 10.1. The van der Waals surface area contributed by atoms with E-state index >= 15 is 0 Å². The van der Waals surface area contributed by atoms with Crippen LogP contribution in [-0.4, -0.2) is 55.0 Å². The first kappa shape index (κ1) is 18.9. The number of hydrogen-bond donors (Lipinski definition) is 3. The second-order valence-electron chi connectivity index (χ2n) is 5.98. The summed E-state index contributed by atoms with van der Waals surface area (Å²) in [5.74, 6) is 4.81. The van der Waals surface area contributed by atoms with Crippen molar-refractivity contribution in [2.24, 2.45) is 5.90 Å². The third-order valence-corrected chi connectivity index (χ3v) is 4.14. The maximum Gasteiger partial charge on any atom is 0.234 e. The third-order valence-electron chi connectivity index (χ3n) is 4.14. The third kappa shape index (κ3) is 7.20. The van der Waals surface area contributed by atoms with Gasteiger partial charge in [0.25, 0.3) is 0 Å². The molecule has 2 atom stereocenters. The van der Waals surface area contributed by atoms with E-state index in [0.717, 1.165) is 12.8 Å². The number of likely N-dealkylation sites (tertiary alicyclic amines) is 1. The Hall–Kier alpha value is -1.18. The second-order valence-corrected chi connectivity index (χ2v) is 5.98. The van der Waals surface area contributed by atoms with Crippen molar-refractivity contribution in [3.8, 4) is 0 Å². The smallest absolute Gasteiger partial charge is 0.234 e. The Balaban J connectivity index is 2.13. The van der Waals surface area contributed by atoms with Gasteiger partial charge in [-0.1, -0.05) is 6.42 Å². The molecular weight excluding hydrogens is 289 g/mol. The molecule has 1 aliphatic rings. The SMILES string of the molecule is [13CH3][C@@H]1CCC[C@H]([13CH3])[15N]1C[13C](=O)N[13CH2]CC(=O)NCCCON. The van der Waals surface area contributed by atoms with Crippen LogP contribution in [0.2, 0.25) is 0 Å². The van der Waals surface area contributed by atoms with E-state index in [0.29, 0.717) is 51.2 Å². The molecule has 0 aromatic carbocycles. The molecule has 1 rings (SSSR count). The van der Waals surface area contributed by atoms with Crippen LogP contribution >= 0.6 is 0 Å². The van der Waals surface area contributed by atoms with Crippen LogP contribution in [0.3, 0.4) is 0 Å². The summed E-state index contributed by atoms with van der Waals surface area (Å²) in [6, 6.07) is 0.894. The number of nitrogens with two attached hydrogens (primary N) is 1. The van der Waals surface area contributed by atoms with Gasteiger partial charge in [-0.2, -0.15) is 0 Å². The van der Waals surface area contributed by atoms with Crippen molar-refractivity contribution in [3.05, 3.63) is 0 Å². The van der Waals surface area contributed by atoms with Crippen LogP contribution in [0.5, 0.6) is 0 Å². The quantitative estimate of drug-likeness (QED) is 0.243. The lowest BCUT2D eigenvalue weighted by Crippen LogP contribution is -2.49. The van der Waals surface area contributed by atoms with E-state index in [-0.39, 0.29) is 11.8 Å². The molecule has 7 nitrogen and oxygen atoms in total. The Kier molecular flexibility index (Phi) is 9.03. The van der Waals surface area contributed by atoms with Gasteiger partial charge in [0.15, 0.2) is 0 Å². The van der Waals surface area contributed by atoms with Crippen molar-refractivity contribution in [1.29, 1.82) is 0 Å². The number of piperidine rings is 1. The Labute approximate surface area is 132 Å². The van der Waals surface area contributed by atoms with E-state index in [9.17, 15) is 9.59 Å². The predicted molar refractivity (Wildman–Crippen MR) is 84.9 cm³/mol. The van der Waals surface area contributed by atoms with Crippen LogP contribution in [0.1, 0.15) is 46.0 Å². The van der Waals surface area contributed by atoms with Gasteiger partial charge in [0.05, 0.1) is 13.2 Å². The number of nitrogens with zero attached hydrogens (tertiary/aromatic N) is 1. The normalized spacial score (nSPS) is 22.3. The lowest BCUT2D eigenvalue weighted by Gasteiger charge is -2.38. The molecule has 1 aliphatic heterocycles. The highest BCUT2D eigenvalue weighted by molar-refractivity contribution is 5.80. The van der Waals surface area contributed by atoms with Gasteiger partial charge >= 0.3 is 0 Å². The summed E-state index contributed by atoms with van der Waals surface area (Å²) in [6.07, 6.45) is 4.49. The molecule has 4 N–H and O–H groups in total. The predicted octanol–water partition coefficient (Wildman–Crippen LogP) is 0.152. The van der Waals surface area contributed by atoms with Gasteiger partial charge in [-0.15, -0.1) is 0 Å². The van der Waals surface area contributed by atoms with Gasteiger partial charge in [-0.25, -0.2) is 5.90 Å². The summed E-state index contributed by atoms with van der Waals surface area (Å²) >= 11 is 0. The molecule has 0 aromatic rings. The molecule has 0 aromatic heterocycles. The number of rotatable bonds is 9. The summed E-state index contributed by atoms with van der Waals surface area (Å²) in [5, 5.41) is 5.57. The molecule has 22 heavy (non-hydrogen) atoms. The van der Waals surface area contributed by atoms with Crippen molar-refractivity contribution in [1.82, 2.24) is 15.5 Å². The molecule has 1 saturated heterocycles. The van der Waals surface area contributed by atoms with Crippen LogP contribution in [0.25, 0.3) is 0 Å². The minimum Gasteiger partial charge on any atom is -0.356 e. The highest BCUT2D eigenvalue weighted by atomic mass is 16.6. The minimum atomic E-state index is -0.0722. The summed E-state index contributed by atoms with van der Waals surface area (Å²) in [4.78, 5) is 30.2. The summed E-state index contributed by atoms with van der Waals surface area (Å²) < 4.78 is 0. The largest absolute Gasteiger partial charge is 0.356 e. The summed E-state index contributed by atoms with van der Waals surface area (Å²) in [5.41, 5.74) is 0. The van der Waals surface area contributed by atoms with E-state index in [4.69, 9.17) is 5.90 Å². The van der Waals surface area contributed by atoms with Crippen molar-refractivity contribution in [2.45, 2.75) is 58.0 Å². The first-order chi connectivity index (χ1) is 10.5. The van der Waals surface area contributed by atoms with Crippen LogP contribution in [0.15, 0.2) is 0 Å². The first-order valence-electron chi connectivity index (χ1n) is 8.15.